The van der Waals surface area contributed by atoms with Gasteiger partial charge in [0.2, 0.25) is 0 Å². The summed E-state index contributed by atoms with van der Waals surface area (Å²) in [5.41, 5.74) is 4.32. The Bertz CT molecular complexity index is 1030. The summed E-state index contributed by atoms with van der Waals surface area (Å²) in [4.78, 5) is 16.4. The van der Waals surface area contributed by atoms with Crippen LogP contribution in [0.4, 0.5) is 19.3 Å². The number of benzene rings is 2. The maximum atomic E-state index is 14.3. The van der Waals surface area contributed by atoms with E-state index in [-0.39, 0.29) is 6.09 Å². The number of ether oxygens (including phenoxy) is 2. The molecule has 0 spiro atoms. The molecule has 0 unspecified atom stereocenters. The third kappa shape index (κ3) is 4.66. The summed E-state index contributed by atoms with van der Waals surface area (Å²) in [6.45, 7) is 10.3. The van der Waals surface area contributed by atoms with E-state index < -0.39 is 17.2 Å². The Balaban J connectivity index is 1.60. The molecule has 2 aliphatic heterocycles. The van der Waals surface area contributed by atoms with Crippen molar-refractivity contribution < 1.29 is 23.0 Å². The van der Waals surface area contributed by atoms with Gasteiger partial charge in [-0.15, -0.1) is 0 Å². The standard InChI is InChI=1S/C25H30F2N2O3/c1-16-20-8-10-28(24(30)32-25(2,3)4)9-7-17(20)13-22-23(16)29(11-12-31-22)15-18-5-6-19(26)14-21(18)27/h5-6,13-14H,7-12,15H2,1-4H3. The van der Waals surface area contributed by atoms with Crippen molar-refractivity contribution in [1.82, 2.24) is 4.90 Å². The lowest BCUT2D eigenvalue weighted by molar-refractivity contribution is 0.0258. The molecule has 172 valence electrons. The van der Waals surface area contributed by atoms with Crippen molar-refractivity contribution in [3.8, 4) is 5.75 Å². The first-order valence-corrected chi connectivity index (χ1v) is 11.1. The zero-order valence-corrected chi connectivity index (χ0v) is 19.1. The zero-order chi connectivity index (χ0) is 23.0. The number of hydrogen-bond acceptors (Lipinski definition) is 4. The van der Waals surface area contributed by atoms with Crippen LogP contribution in [-0.4, -0.2) is 42.8 Å². The molecular weight excluding hydrogens is 414 g/mol. The highest BCUT2D eigenvalue weighted by atomic mass is 19.1. The van der Waals surface area contributed by atoms with Crippen molar-refractivity contribution in [1.29, 1.82) is 0 Å². The van der Waals surface area contributed by atoms with Crippen molar-refractivity contribution in [2.75, 3.05) is 31.1 Å². The van der Waals surface area contributed by atoms with E-state index in [2.05, 4.69) is 17.9 Å². The van der Waals surface area contributed by atoms with E-state index in [1.807, 2.05) is 20.8 Å². The lowest BCUT2D eigenvalue weighted by Gasteiger charge is -2.34. The second kappa shape index (κ2) is 8.60. The van der Waals surface area contributed by atoms with E-state index in [4.69, 9.17) is 9.47 Å². The van der Waals surface area contributed by atoms with Crippen LogP contribution in [0.1, 0.15) is 43.0 Å². The predicted molar refractivity (Wildman–Crippen MR) is 119 cm³/mol. The summed E-state index contributed by atoms with van der Waals surface area (Å²) in [6, 6.07) is 5.77. The van der Waals surface area contributed by atoms with Crippen LogP contribution >= 0.6 is 0 Å². The fourth-order valence-corrected chi connectivity index (χ4v) is 4.47. The number of carbonyl (C=O) groups is 1. The van der Waals surface area contributed by atoms with Crippen LogP contribution in [0.5, 0.6) is 5.75 Å². The molecule has 0 saturated carbocycles. The third-order valence-electron chi connectivity index (χ3n) is 5.98. The molecule has 2 aromatic carbocycles. The van der Waals surface area contributed by atoms with Crippen molar-refractivity contribution in [2.24, 2.45) is 0 Å². The van der Waals surface area contributed by atoms with Crippen molar-refractivity contribution in [3.05, 3.63) is 58.2 Å². The van der Waals surface area contributed by atoms with E-state index in [1.54, 1.807) is 4.90 Å². The Morgan fingerprint density at radius 2 is 1.88 bits per heavy atom. The quantitative estimate of drug-likeness (QED) is 0.653. The van der Waals surface area contributed by atoms with Crippen LogP contribution in [0.25, 0.3) is 0 Å². The summed E-state index contributed by atoms with van der Waals surface area (Å²) in [7, 11) is 0. The first-order valence-electron chi connectivity index (χ1n) is 11.1. The largest absolute Gasteiger partial charge is 0.490 e. The SMILES string of the molecule is Cc1c2c(cc3c1N(Cc1ccc(F)cc1F)CCO3)CCN(C(=O)OC(C)(C)C)CC2. The van der Waals surface area contributed by atoms with Gasteiger partial charge in [0, 0.05) is 31.3 Å². The van der Waals surface area contributed by atoms with E-state index in [9.17, 15) is 13.6 Å². The Labute approximate surface area is 187 Å². The number of hydrogen-bond donors (Lipinski definition) is 0. The maximum Gasteiger partial charge on any atom is 0.410 e. The summed E-state index contributed by atoms with van der Waals surface area (Å²) in [5, 5.41) is 0. The Hall–Kier alpha value is -2.83. The first-order chi connectivity index (χ1) is 15.1. The Morgan fingerprint density at radius 3 is 2.59 bits per heavy atom. The second-order valence-electron chi connectivity index (χ2n) is 9.46. The number of anilines is 1. The minimum absolute atomic E-state index is 0.294. The van der Waals surface area contributed by atoms with Crippen molar-refractivity contribution in [3.63, 3.8) is 0 Å². The Kier molecular flexibility index (Phi) is 6.01. The van der Waals surface area contributed by atoms with Gasteiger partial charge in [-0.25, -0.2) is 13.6 Å². The number of nitrogens with zero attached hydrogens (tertiary/aromatic N) is 2. The second-order valence-corrected chi connectivity index (χ2v) is 9.46. The van der Waals surface area contributed by atoms with Crippen LogP contribution in [0, 0.1) is 18.6 Å². The molecule has 2 heterocycles. The molecule has 4 rings (SSSR count). The van der Waals surface area contributed by atoms with E-state index in [0.29, 0.717) is 44.8 Å². The predicted octanol–water partition coefficient (Wildman–Crippen LogP) is 5.01. The fourth-order valence-electron chi connectivity index (χ4n) is 4.47. The molecule has 0 N–H and O–H groups in total. The van der Waals surface area contributed by atoms with Gasteiger partial charge in [0.15, 0.2) is 0 Å². The fraction of sp³-hybridized carbons (Fsp3) is 0.480. The molecule has 5 nitrogen and oxygen atoms in total. The van der Waals surface area contributed by atoms with Crippen LogP contribution in [0.15, 0.2) is 24.3 Å². The average molecular weight is 445 g/mol. The van der Waals surface area contributed by atoms with Crippen LogP contribution in [-0.2, 0) is 24.1 Å². The van der Waals surface area contributed by atoms with Gasteiger partial charge in [-0.1, -0.05) is 6.07 Å². The number of rotatable bonds is 2. The molecule has 0 bridgehead atoms. The molecule has 0 saturated heterocycles. The van der Waals surface area contributed by atoms with E-state index in [0.717, 1.165) is 29.5 Å². The molecular formula is C25H30F2N2O3. The summed E-state index contributed by atoms with van der Waals surface area (Å²) >= 11 is 0. The maximum absolute atomic E-state index is 14.3. The Morgan fingerprint density at radius 1 is 1.12 bits per heavy atom. The van der Waals surface area contributed by atoms with Gasteiger partial charge in [0.05, 0.1) is 12.2 Å². The van der Waals surface area contributed by atoms with Gasteiger partial charge in [0.25, 0.3) is 0 Å². The highest BCUT2D eigenvalue weighted by molar-refractivity contribution is 5.71. The smallest absolute Gasteiger partial charge is 0.410 e. The summed E-state index contributed by atoms with van der Waals surface area (Å²) in [6.07, 6.45) is 1.14. The van der Waals surface area contributed by atoms with Crippen LogP contribution in [0.3, 0.4) is 0 Å². The van der Waals surface area contributed by atoms with Crippen LogP contribution in [0.2, 0.25) is 0 Å². The van der Waals surface area contributed by atoms with Gasteiger partial charge in [-0.2, -0.15) is 0 Å². The summed E-state index contributed by atoms with van der Waals surface area (Å²) < 4.78 is 39.1. The average Bonchev–Trinajstić information content (AvgIpc) is 2.92. The molecule has 0 radical (unpaired) electrons. The normalized spacial score (nSPS) is 16.1. The molecule has 0 atom stereocenters. The van der Waals surface area contributed by atoms with Crippen LogP contribution < -0.4 is 9.64 Å². The lowest BCUT2D eigenvalue weighted by atomic mass is 9.94. The highest BCUT2D eigenvalue weighted by Crippen LogP contribution is 2.40. The molecule has 0 aliphatic carbocycles. The number of halogens is 2. The molecule has 32 heavy (non-hydrogen) atoms. The van der Waals surface area contributed by atoms with E-state index in [1.165, 1.54) is 23.3 Å². The summed E-state index contributed by atoms with van der Waals surface area (Å²) in [5.74, 6) is -0.344. The number of fused-ring (bicyclic) bond motifs is 2. The third-order valence-corrected chi connectivity index (χ3v) is 5.98. The minimum atomic E-state index is -0.579. The molecule has 2 aliphatic rings. The first kappa shape index (κ1) is 22.4. The molecule has 0 fully saturated rings. The lowest BCUT2D eigenvalue weighted by Crippen LogP contribution is -2.38. The monoisotopic (exact) mass is 444 g/mol. The van der Waals surface area contributed by atoms with E-state index >= 15 is 0 Å². The molecule has 2 aromatic rings. The van der Waals surface area contributed by atoms with Crippen molar-refractivity contribution >= 4 is 11.8 Å². The number of carbonyl (C=O) groups excluding carboxylic acids is 1. The van der Waals surface area contributed by atoms with Gasteiger partial charge >= 0.3 is 6.09 Å². The molecule has 1 amide bonds. The zero-order valence-electron chi connectivity index (χ0n) is 19.1. The highest BCUT2D eigenvalue weighted by Gasteiger charge is 2.29. The van der Waals surface area contributed by atoms with Gasteiger partial charge in [-0.3, -0.25) is 0 Å². The van der Waals surface area contributed by atoms with Gasteiger partial charge < -0.3 is 19.3 Å². The minimum Gasteiger partial charge on any atom is -0.490 e. The molecule has 0 aromatic heterocycles. The number of amides is 1. The van der Waals surface area contributed by atoms with Gasteiger partial charge in [0.1, 0.15) is 29.6 Å². The molecule has 7 heteroatoms. The van der Waals surface area contributed by atoms with Crippen molar-refractivity contribution in [2.45, 2.75) is 52.7 Å². The van der Waals surface area contributed by atoms with Gasteiger partial charge in [-0.05, 0) is 69.4 Å². The topological polar surface area (TPSA) is 42.0 Å².